The van der Waals surface area contributed by atoms with Gasteiger partial charge in [-0.15, -0.1) is 0 Å². The highest BCUT2D eigenvalue weighted by atomic mass is 19.1. The van der Waals surface area contributed by atoms with Gasteiger partial charge in [-0.1, -0.05) is 25.1 Å². The van der Waals surface area contributed by atoms with Gasteiger partial charge in [0.1, 0.15) is 5.82 Å². The van der Waals surface area contributed by atoms with Gasteiger partial charge >= 0.3 is 0 Å². The van der Waals surface area contributed by atoms with Crippen LogP contribution in [0, 0.1) is 5.82 Å². The summed E-state index contributed by atoms with van der Waals surface area (Å²) in [5, 5.41) is 0. The van der Waals surface area contributed by atoms with E-state index in [-0.39, 0.29) is 5.82 Å². The number of amides is 1. The normalized spacial score (nSPS) is 12.5. The van der Waals surface area contributed by atoms with E-state index in [1.54, 1.807) is 18.2 Å². The summed E-state index contributed by atoms with van der Waals surface area (Å²) in [6.45, 7) is 1.81. The zero-order valence-corrected chi connectivity index (χ0v) is 7.46. The van der Waals surface area contributed by atoms with E-state index in [0.717, 1.165) is 0 Å². The lowest BCUT2D eigenvalue weighted by Gasteiger charge is -2.11. The number of primary amides is 1. The van der Waals surface area contributed by atoms with E-state index in [4.69, 9.17) is 5.73 Å². The molecular formula is C10H12FNO. The van der Waals surface area contributed by atoms with Crippen LogP contribution in [0.2, 0.25) is 0 Å². The maximum atomic E-state index is 13.2. The summed E-state index contributed by atoms with van der Waals surface area (Å²) in [5.41, 5.74) is 5.53. The van der Waals surface area contributed by atoms with Gasteiger partial charge in [-0.3, -0.25) is 4.79 Å². The number of carbonyl (C=O) groups is 1. The molecular weight excluding hydrogens is 169 g/mol. The van der Waals surface area contributed by atoms with Crippen LogP contribution < -0.4 is 5.73 Å². The van der Waals surface area contributed by atoms with Gasteiger partial charge in [0.15, 0.2) is 0 Å². The Labute approximate surface area is 76.6 Å². The van der Waals surface area contributed by atoms with Gasteiger partial charge in [0.2, 0.25) is 5.91 Å². The summed E-state index contributed by atoms with van der Waals surface area (Å²) < 4.78 is 13.2. The Morgan fingerprint density at radius 2 is 2.15 bits per heavy atom. The first-order valence-corrected chi connectivity index (χ1v) is 4.20. The Bertz CT molecular complexity index is 312. The summed E-state index contributed by atoms with van der Waals surface area (Å²) in [6.07, 6.45) is 0.524. The zero-order chi connectivity index (χ0) is 9.84. The van der Waals surface area contributed by atoms with Crippen molar-refractivity contribution in [3.05, 3.63) is 35.6 Å². The van der Waals surface area contributed by atoms with E-state index >= 15 is 0 Å². The molecule has 1 aromatic carbocycles. The molecule has 1 unspecified atom stereocenters. The predicted octanol–water partition coefficient (Wildman–Crippen LogP) is 1.80. The third-order valence-corrected chi connectivity index (χ3v) is 2.03. The summed E-state index contributed by atoms with van der Waals surface area (Å²) in [7, 11) is 0. The average molecular weight is 181 g/mol. The molecule has 0 radical (unpaired) electrons. The molecule has 3 heteroatoms. The number of rotatable bonds is 3. The van der Waals surface area contributed by atoms with E-state index in [1.807, 2.05) is 6.92 Å². The van der Waals surface area contributed by atoms with Crippen LogP contribution in [-0.2, 0) is 4.79 Å². The molecule has 0 bridgehead atoms. The topological polar surface area (TPSA) is 43.1 Å². The van der Waals surface area contributed by atoms with E-state index in [0.29, 0.717) is 12.0 Å². The first kappa shape index (κ1) is 9.71. The van der Waals surface area contributed by atoms with E-state index in [1.165, 1.54) is 6.07 Å². The molecule has 0 heterocycles. The second kappa shape index (κ2) is 4.03. The van der Waals surface area contributed by atoms with Crippen LogP contribution in [0.15, 0.2) is 24.3 Å². The lowest BCUT2D eigenvalue weighted by atomic mass is 9.95. The zero-order valence-electron chi connectivity index (χ0n) is 7.46. The lowest BCUT2D eigenvalue weighted by molar-refractivity contribution is -0.119. The molecule has 1 amide bonds. The van der Waals surface area contributed by atoms with Gasteiger partial charge < -0.3 is 5.73 Å². The fraction of sp³-hybridized carbons (Fsp3) is 0.300. The molecule has 2 nitrogen and oxygen atoms in total. The number of halogens is 1. The Hall–Kier alpha value is -1.38. The van der Waals surface area contributed by atoms with E-state index in [2.05, 4.69) is 0 Å². The van der Waals surface area contributed by atoms with Gasteiger partial charge in [0, 0.05) is 5.56 Å². The van der Waals surface area contributed by atoms with Crippen molar-refractivity contribution in [1.82, 2.24) is 0 Å². The van der Waals surface area contributed by atoms with Gasteiger partial charge in [0.05, 0.1) is 5.92 Å². The van der Waals surface area contributed by atoms with Crippen LogP contribution in [-0.4, -0.2) is 5.91 Å². The second-order valence-electron chi connectivity index (χ2n) is 2.88. The first-order chi connectivity index (χ1) is 6.16. The van der Waals surface area contributed by atoms with Crippen molar-refractivity contribution in [2.45, 2.75) is 19.3 Å². The van der Waals surface area contributed by atoms with Crippen molar-refractivity contribution in [3.8, 4) is 0 Å². The molecule has 0 saturated carbocycles. The van der Waals surface area contributed by atoms with Gasteiger partial charge in [-0.2, -0.15) is 0 Å². The second-order valence-corrected chi connectivity index (χ2v) is 2.88. The number of hydrogen-bond acceptors (Lipinski definition) is 1. The first-order valence-electron chi connectivity index (χ1n) is 4.20. The van der Waals surface area contributed by atoms with Crippen LogP contribution in [0.4, 0.5) is 4.39 Å². The van der Waals surface area contributed by atoms with Crippen LogP contribution in [0.1, 0.15) is 24.8 Å². The van der Waals surface area contributed by atoms with Gasteiger partial charge in [-0.05, 0) is 12.5 Å². The molecule has 2 N–H and O–H groups in total. The molecule has 0 aliphatic heterocycles. The number of hydrogen-bond donors (Lipinski definition) is 1. The maximum absolute atomic E-state index is 13.2. The molecule has 70 valence electrons. The minimum atomic E-state index is -0.513. The Morgan fingerprint density at radius 3 is 2.62 bits per heavy atom. The van der Waals surface area contributed by atoms with Crippen LogP contribution >= 0.6 is 0 Å². The summed E-state index contributed by atoms with van der Waals surface area (Å²) >= 11 is 0. The number of benzene rings is 1. The van der Waals surface area contributed by atoms with E-state index in [9.17, 15) is 9.18 Å². The smallest absolute Gasteiger partial charge is 0.225 e. The highest BCUT2D eigenvalue weighted by molar-refractivity contribution is 5.81. The number of nitrogens with two attached hydrogens (primary N) is 1. The third-order valence-electron chi connectivity index (χ3n) is 2.03. The molecule has 0 saturated heterocycles. The molecule has 0 aliphatic rings. The maximum Gasteiger partial charge on any atom is 0.225 e. The van der Waals surface area contributed by atoms with Crippen LogP contribution in [0.25, 0.3) is 0 Å². The van der Waals surface area contributed by atoms with Crippen molar-refractivity contribution in [1.29, 1.82) is 0 Å². The van der Waals surface area contributed by atoms with Crippen molar-refractivity contribution in [3.63, 3.8) is 0 Å². The molecule has 0 aliphatic carbocycles. The SMILES string of the molecule is CCC(C(N)=O)c1ccccc1F. The molecule has 0 spiro atoms. The average Bonchev–Trinajstić information content (AvgIpc) is 2.09. The minimum absolute atomic E-state index is 0.367. The van der Waals surface area contributed by atoms with E-state index < -0.39 is 11.8 Å². The fourth-order valence-corrected chi connectivity index (χ4v) is 1.33. The van der Waals surface area contributed by atoms with Crippen LogP contribution in [0.5, 0.6) is 0 Å². The standard InChI is InChI=1S/C10H12FNO/c1-2-7(10(12)13)8-5-3-4-6-9(8)11/h3-7H,2H2,1H3,(H2,12,13). The summed E-state index contributed by atoms with van der Waals surface area (Å²) in [6, 6.07) is 6.21. The fourth-order valence-electron chi connectivity index (χ4n) is 1.33. The van der Waals surface area contributed by atoms with Crippen molar-refractivity contribution >= 4 is 5.91 Å². The quantitative estimate of drug-likeness (QED) is 0.759. The largest absolute Gasteiger partial charge is 0.369 e. The van der Waals surface area contributed by atoms with Gasteiger partial charge in [0.25, 0.3) is 0 Å². The van der Waals surface area contributed by atoms with Gasteiger partial charge in [-0.25, -0.2) is 4.39 Å². The minimum Gasteiger partial charge on any atom is -0.369 e. The summed E-state index contributed by atoms with van der Waals surface area (Å²) in [4.78, 5) is 10.9. The number of carbonyl (C=O) groups excluding carboxylic acids is 1. The molecule has 1 rings (SSSR count). The third kappa shape index (κ3) is 2.05. The molecule has 1 atom stereocenters. The molecule has 0 aromatic heterocycles. The molecule has 13 heavy (non-hydrogen) atoms. The highest BCUT2D eigenvalue weighted by Gasteiger charge is 2.18. The lowest BCUT2D eigenvalue weighted by Crippen LogP contribution is -2.21. The highest BCUT2D eigenvalue weighted by Crippen LogP contribution is 2.21. The van der Waals surface area contributed by atoms with Crippen molar-refractivity contribution in [2.75, 3.05) is 0 Å². The van der Waals surface area contributed by atoms with Crippen molar-refractivity contribution in [2.24, 2.45) is 5.73 Å². The van der Waals surface area contributed by atoms with Crippen molar-refractivity contribution < 1.29 is 9.18 Å². The summed E-state index contributed by atoms with van der Waals surface area (Å²) in [5.74, 6) is -1.36. The predicted molar refractivity (Wildman–Crippen MR) is 48.6 cm³/mol. The molecule has 1 aromatic rings. The Kier molecular flexibility index (Phi) is 3.01. The Morgan fingerprint density at radius 1 is 1.54 bits per heavy atom. The van der Waals surface area contributed by atoms with Crippen LogP contribution in [0.3, 0.4) is 0 Å². The molecule has 0 fully saturated rings. The monoisotopic (exact) mass is 181 g/mol. The Balaban J connectivity index is 3.04.